The average molecular weight is 760 g/mol. The topological polar surface area (TPSA) is 161 Å². The highest BCUT2D eigenvalue weighted by Crippen LogP contribution is 2.51. The maximum atomic E-state index is 17.4. The van der Waals surface area contributed by atoms with E-state index in [-0.39, 0.29) is 90.2 Å². The summed E-state index contributed by atoms with van der Waals surface area (Å²) in [5.74, 6) is -0.368. The second-order valence-electron chi connectivity index (χ2n) is 13.5. The van der Waals surface area contributed by atoms with Crippen LogP contribution in [0.5, 0.6) is 11.8 Å². The fourth-order valence-corrected chi connectivity index (χ4v) is 9.42. The summed E-state index contributed by atoms with van der Waals surface area (Å²) in [6.07, 6.45) is 6.21. The first-order valence-corrected chi connectivity index (χ1v) is 18.6. The van der Waals surface area contributed by atoms with E-state index < -0.39 is 11.6 Å². The second kappa shape index (κ2) is 13.7. The van der Waals surface area contributed by atoms with Gasteiger partial charge in [-0.25, -0.2) is 13.8 Å². The number of pyridine rings is 1. The SMILES string of the molecule is CCO/N=C/C1CN2CCC[C@@]2(COc2nc3c4c(c(Cl)c(-c5ccc(F)c6sc(N)c(C#N)c56)c(F)c4n2)OCCN3[C@H](C)c2cccnc2N)C1. The second-order valence-corrected chi connectivity index (χ2v) is 15.0. The standard InChI is InChI=1S/C37H36ClF2N9O3S/c1-3-52-45-16-20-14-37(9-5-11-48(37)17-20)18-51-36-46-30-27-31(50-13-12-49(35(27)47-36)19(2)21-6-4-10-44-33(21)42)28(38)26(29(30)40)22-7-8-24(39)32-25(22)23(15-41)34(43)53-32/h4,6-8,10,16,19-20H,3,5,9,11-14,17-18,43H2,1-2H3,(H2,42,44)/b45-16+/t19-,20?,37+/m1/s1. The highest BCUT2D eigenvalue weighted by Gasteiger charge is 2.49. The fraction of sp³-hybridized carbons (Fsp3) is 0.378. The molecule has 5 aromatic rings. The monoisotopic (exact) mass is 759 g/mol. The lowest BCUT2D eigenvalue weighted by Gasteiger charge is -2.32. The molecule has 6 heterocycles. The third kappa shape index (κ3) is 5.80. The Balaban J connectivity index is 1.30. The minimum Gasteiger partial charge on any atom is -0.489 e. The van der Waals surface area contributed by atoms with Crippen molar-refractivity contribution in [2.75, 3.05) is 55.8 Å². The Morgan fingerprint density at radius 2 is 2.09 bits per heavy atom. The first kappa shape index (κ1) is 35.0. The Morgan fingerprint density at radius 1 is 1.25 bits per heavy atom. The predicted octanol–water partition coefficient (Wildman–Crippen LogP) is 7.09. The van der Waals surface area contributed by atoms with Gasteiger partial charge < -0.3 is 30.7 Å². The number of nitrogens with two attached hydrogens (primary N) is 2. The smallest absolute Gasteiger partial charge is 0.319 e. The Labute approximate surface area is 312 Å². The molecule has 3 aliphatic rings. The Kier molecular flexibility index (Phi) is 9.08. The maximum absolute atomic E-state index is 17.4. The molecule has 0 aliphatic carbocycles. The molecule has 3 aliphatic heterocycles. The van der Waals surface area contributed by atoms with E-state index >= 15 is 8.78 Å². The average Bonchev–Trinajstić information content (AvgIpc) is 3.76. The number of fused-ring (bicyclic) bond motifs is 2. The summed E-state index contributed by atoms with van der Waals surface area (Å²) >= 11 is 8.01. The molecule has 4 N–H and O–H groups in total. The lowest BCUT2D eigenvalue weighted by molar-refractivity contribution is 0.107. The molecule has 53 heavy (non-hydrogen) atoms. The van der Waals surface area contributed by atoms with Crippen LogP contribution in [0.15, 0.2) is 35.6 Å². The summed E-state index contributed by atoms with van der Waals surface area (Å²) in [5.41, 5.74) is 12.9. The molecule has 2 saturated heterocycles. The fourth-order valence-electron chi connectivity index (χ4n) is 8.14. The van der Waals surface area contributed by atoms with Gasteiger partial charge in [0.25, 0.3) is 0 Å². The van der Waals surface area contributed by atoms with E-state index in [4.69, 9.17) is 47.3 Å². The maximum Gasteiger partial charge on any atom is 0.319 e. The van der Waals surface area contributed by atoms with E-state index in [2.05, 4.69) is 21.1 Å². The summed E-state index contributed by atoms with van der Waals surface area (Å²) < 4.78 is 45.4. The Bertz CT molecular complexity index is 2340. The van der Waals surface area contributed by atoms with Gasteiger partial charge in [0.1, 0.15) is 53.9 Å². The van der Waals surface area contributed by atoms with Crippen LogP contribution in [-0.4, -0.2) is 71.1 Å². The molecule has 0 bridgehead atoms. The summed E-state index contributed by atoms with van der Waals surface area (Å²) in [5, 5.41) is 14.6. The molecule has 0 saturated carbocycles. The van der Waals surface area contributed by atoms with Crippen LogP contribution in [0.3, 0.4) is 0 Å². The van der Waals surface area contributed by atoms with Gasteiger partial charge in [0, 0.05) is 41.4 Å². The summed E-state index contributed by atoms with van der Waals surface area (Å²) in [4.78, 5) is 23.5. The van der Waals surface area contributed by atoms with Gasteiger partial charge in [0.15, 0.2) is 11.6 Å². The molecule has 0 spiro atoms. The van der Waals surface area contributed by atoms with Crippen LogP contribution in [0.1, 0.15) is 50.3 Å². The van der Waals surface area contributed by atoms with Crippen molar-refractivity contribution in [1.29, 1.82) is 5.26 Å². The Hall–Kier alpha value is -5.04. The molecule has 3 atom stereocenters. The van der Waals surface area contributed by atoms with Crippen LogP contribution in [0.2, 0.25) is 5.02 Å². The van der Waals surface area contributed by atoms with Gasteiger partial charge in [-0.3, -0.25) is 4.90 Å². The number of nitrogens with zero attached hydrogens (tertiary/aromatic N) is 7. The zero-order valence-electron chi connectivity index (χ0n) is 29.0. The van der Waals surface area contributed by atoms with Crippen molar-refractivity contribution in [2.24, 2.45) is 11.1 Å². The van der Waals surface area contributed by atoms with Gasteiger partial charge in [0.05, 0.1) is 38.8 Å². The minimum absolute atomic E-state index is 0.0294. The van der Waals surface area contributed by atoms with Crippen molar-refractivity contribution in [3.8, 4) is 29.0 Å². The van der Waals surface area contributed by atoms with E-state index in [0.29, 0.717) is 24.8 Å². The van der Waals surface area contributed by atoms with Crippen molar-refractivity contribution in [3.63, 3.8) is 0 Å². The number of oxime groups is 1. The summed E-state index contributed by atoms with van der Waals surface area (Å²) in [6.45, 7) is 6.82. The molecular formula is C37H36ClF2N9O3S. The first-order chi connectivity index (χ1) is 25.7. The highest BCUT2D eigenvalue weighted by atomic mass is 35.5. The first-order valence-electron chi connectivity index (χ1n) is 17.4. The van der Waals surface area contributed by atoms with E-state index in [9.17, 15) is 5.26 Å². The summed E-state index contributed by atoms with van der Waals surface area (Å²) in [6, 6.07) is 7.92. The molecule has 3 aromatic heterocycles. The van der Waals surface area contributed by atoms with Gasteiger partial charge in [-0.05, 0) is 57.4 Å². The number of benzene rings is 2. The van der Waals surface area contributed by atoms with Crippen molar-refractivity contribution in [1.82, 2.24) is 19.9 Å². The third-order valence-electron chi connectivity index (χ3n) is 10.6. The van der Waals surface area contributed by atoms with Crippen LogP contribution in [0.25, 0.3) is 32.1 Å². The van der Waals surface area contributed by atoms with Crippen molar-refractivity contribution >= 4 is 66.8 Å². The van der Waals surface area contributed by atoms with E-state index in [1.54, 1.807) is 12.3 Å². The minimum atomic E-state index is -0.809. The van der Waals surface area contributed by atoms with Gasteiger partial charge in [-0.2, -0.15) is 15.2 Å². The number of hydrogen-bond acceptors (Lipinski definition) is 13. The number of aromatic nitrogens is 3. The summed E-state index contributed by atoms with van der Waals surface area (Å²) in [7, 11) is 0. The number of nitrogen functional groups attached to an aromatic ring is 2. The largest absolute Gasteiger partial charge is 0.489 e. The number of thiophene rings is 1. The number of nitriles is 1. The zero-order chi connectivity index (χ0) is 37.0. The molecule has 16 heteroatoms. The van der Waals surface area contributed by atoms with Gasteiger partial charge >= 0.3 is 6.01 Å². The van der Waals surface area contributed by atoms with Crippen LogP contribution < -0.4 is 25.8 Å². The molecular weight excluding hydrogens is 724 g/mol. The van der Waals surface area contributed by atoms with Crippen LogP contribution in [0.4, 0.5) is 25.4 Å². The number of halogens is 3. The molecule has 12 nitrogen and oxygen atoms in total. The van der Waals surface area contributed by atoms with Gasteiger partial charge in [0.2, 0.25) is 0 Å². The molecule has 2 aromatic carbocycles. The molecule has 8 rings (SSSR count). The molecule has 274 valence electrons. The van der Waals surface area contributed by atoms with E-state index in [1.807, 2.05) is 31.0 Å². The van der Waals surface area contributed by atoms with Crippen molar-refractivity contribution in [2.45, 2.75) is 44.7 Å². The number of ether oxygens (including phenoxy) is 2. The lowest BCUT2D eigenvalue weighted by Crippen LogP contribution is -2.43. The normalized spacial score (nSPS) is 20.5. The predicted molar refractivity (Wildman–Crippen MR) is 202 cm³/mol. The van der Waals surface area contributed by atoms with E-state index in [1.165, 1.54) is 12.1 Å². The Morgan fingerprint density at radius 3 is 2.89 bits per heavy atom. The third-order valence-corrected chi connectivity index (χ3v) is 12.0. The van der Waals surface area contributed by atoms with Crippen molar-refractivity contribution in [3.05, 3.63) is 58.2 Å². The van der Waals surface area contributed by atoms with Gasteiger partial charge in [-0.1, -0.05) is 28.9 Å². The quantitative estimate of drug-likeness (QED) is 0.117. The lowest BCUT2D eigenvalue weighted by atomic mass is 9.91. The molecule has 2 fully saturated rings. The molecule has 0 radical (unpaired) electrons. The number of hydrogen-bond donors (Lipinski definition) is 2. The van der Waals surface area contributed by atoms with E-state index in [0.717, 1.165) is 49.3 Å². The van der Waals surface area contributed by atoms with Crippen molar-refractivity contribution < 1.29 is 23.1 Å². The number of anilines is 3. The zero-order valence-corrected chi connectivity index (χ0v) is 30.6. The number of rotatable bonds is 9. The van der Waals surface area contributed by atoms with Crippen LogP contribution >= 0.6 is 22.9 Å². The molecule has 0 amide bonds. The van der Waals surface area contributed by atoms with Crippen LogP contribution in [-0.2, 0) is 4.84 Å². The van der Waals surface area contributed by atoms with Crippen LogP contribution in [0, 0.1) is 28.9 Å². The molecule has 1 unspecified atom stereocenters. The van der Waals surface area contributed by atoms with Gasteiger partial charge in [-0.15, -0.1) is 11.3 Å². The highest BCUT2D eigenvalue weighted by molar-refractivity contribution is 7.23.